The highest BCUT2D eigenvalue weighted by molar-refractivity contribution is 6.31. The molecule has 0 aliphatic carbocycles. The van der Waals surface area contributed by atoms with Crippen molar-refractivity contribution < 1.29 is 9.47 Å². The first-order valence-corrected chi connectivity index (χ1v) is 7.89. The van der Waals surface area contributed by atoms with E-state index in [-0.39, 0.29) is 5.60 Å². The molecule has 1 N–H and O–H groups in total. The average Bonchev–Trinajstić information content (AvgIpc) is 2.41. The lowest BCUT2D eigenvalue weighted by Gasteiger charge is -2.23. The van der Waals surface area contributed by atoms with Crippen molar-refractivity contribution in [1.29, 1.82) is 0 Å². The van der Waals surface area contributed by atoms with Crippen LogP contribution in [0.5, 0.6) is 5.75 Å². The number of nitrogens with one attached hydrogen (secondary N) is 1. The Bertz CT molecular complexity index is 433. The van der Waals surface area contributed by atoms with Crippen LogP contribution in [0, 0.1) is 5.92 Å². The van der Waals surface area contributed by atoms with Crippen molar-refractivity contribution in [2.24, 2.45) is 5.92 Å². The highest BCUT2D eigenvalue weighted by Gasteiger charge is 2.17. The molecule has 0 bridgehead atoms. The van der Waals surface area contributed by atoms with Gasteiger partial charge in [0.15, 0.2) is 0 Å². The topological polar surface area (TPSA) is 30.5 Å². The molecule has 21 heavy (non-hydrogen) atoms. The third-order valence-corrected chi connectivity index (χ3v) is 3.80. The standard InChI is InChI=1S/C17H28ClNO2/c1-13(2)11-19-12-14-15(18)7-6-8-16(14)21-10-9-17(3,4)20-5/h6-8,13,19H,9-12H2,1-5H3. The summed E-state index contributed by atoms with van der Waals surface area (Å²) >= 11 is 6.30. The molecule has 0 aliphatic heterocycles. The second kappa shape index (κ2) is 8.62. The first-order valence-electron chi connectivity index (χ1n) is 7.52. The molecule has 1 aromatic rings. The van der Waals surface area contributed by atoms with Crippen LogP contribution >= 0.6 is 11.6 Å². The number of halogens is 1. The molecular weight excluding hydrogens is 286 g/mol. The summed E-state index contributed by atoms with van der Waals surface area (Å²) in [4.78, 5) is 0. The van der Waals surface area contributed by atoms with Gasteiger partial charge in [0.2, 0.25) is 0 Å². The molecule has 0 saturated heterocycles. The molecule has 0 unspecified atom stereocenters. The van der Waals surface area contributed by atoms with Crippen LogP contribution in [0.25, 0.3) is 0 Å². The minimum atomic E-state index is -0.172. The predicted molar refractivity (Wildman–Crippen MR) is 89.2 cm³/mol. The maximum atomic E-state index is 6.30. The second-order valence-corrected chi connectivity index (χ2v) is 6.71. The Morgan fingerprint density at radius 1 is 1.29 bits per heavy atom. The number of methoxy groups -OCH3 is 1. The first kappa shape index (κ1) is 18.3. The van der Waals surface area contributed by atoms with Crippen LogP contribution in [0.4, 0.5) is 0 Å². The Kier molecular flexibility index (Phi) is 7.50. The van der Waals surface area contributed by atoms with Crippen molar-refractivity contribution in [3.63, 3.8) is 0 Å². The summed E-state index contributed by atoms with van der Waals surface area (Å²) in [5.41, 5.74) is 0.851. The summed E-state index contributed by atoms with van der Waals surface area (Å²) in [7, 11) is 1.72. The van der Waals surface area contributed by atoms with Gasteiger partial charge in [0, 0.05) is 30.7 Å². The first-order chi connectivity index (χ1) is 9.85. The molecule has 4 heteroatoms. The predicted octanol–water partition coefficient (Wildman–Crippen LogP) is 4.28. The third-order valence-electron chi connectivity index (χ3n) is 3.44. The number of benzene rings is 1. The zero-order valence-corrected chi connectivity index (χ0v) is 14.6. The Morgan fingerprint density at radius 3 is 2.62 bits per heavy atom. The lowest BCUT2D eigenvalue weighted by molar-refractivity contribution is 0.00537. The van der Waals surface area contributed by atoms with Gasteiger partial charge in [-0.1, -0.05) is 31.5 Å². The van der Waals surface area contributed by atoms with Gasteiger partial charge in [-0.15, -0.1) is 0 Å². The molecule has 3 nitrogen and oxygen atoms in total. The van der Waals surface area contributed by atoms with E-state index in [1.54, 1.807) is 7.11 Å². The molecule has 0 spiro atoms. The number of rotatable bonds is 9. The van der Waals surface area contributed by atoms with Crippen LogP contribution in [0.2, 0.25) is 5.02 Å². The van der Waals surface area contributed by atoms with Crippen LogP contribution in [-0.2, 0) is 11.3 Å². The minimum Gasteiger partial charge on any atom is -0.493 e. The van der Waals surface area contributed by atoms with Gasteiger partial charge in [0.05, 0.1) is 12.2 Å². The van der Waals surface area contributed by atoms with Gasteiger partial charge >= 0.3 is 0 Å². The van der Waals surface area contributed by atoms with Gasteiger partial charge in [-0.05, 0) is 38.4 Å². The van der Waals surface area contributed by atoms with Crippen molar-refractivity contribution in [3.05, 3.63) is 28.8 Å². The molecular formula is C17H28ClNO2. The van der Waals surface area contributed by atoms with E-state index in [4.69, 9.17) is 21.1 Å². The van der Waals surface area contributed by atoms with Crippen molar-refractivity contribution in [2.45, 2.75) is 46.3 Å². The monoisotopic (exact) mass is 313 g/mol. The van der Waals surface area contributed by atoms with Gasteiger partial charge < -0.3 is 14.8 Å². The maximum Gasteiger partial charge on any atom is 0.125 e. The van der Waals surface area contributed by atoms with E-state index in [9.17, 15) is 0 Å². The van der Waals surface area contributed by atoms with E-state index < -0.39 is 0 Å². The van der Waals surface area contributed by atoms with Crippen LogP contribution in [0.1, 0.15) is 39.7 Å². The number of ether oxygens (including phenoxy) is 2. The Labute approximate surface area is 134 Å². The summed E-state index contributed by atoms with van der Waals surface area (Å²) in [6, 6.07) is 5.79. The highest BCUT2D eigenvalue weighted by Crippen LogP contribution is 2.27. The Hall–Kier alpha value is -0.770. The van der Waals surface area contributed by atoms with E-state index in [1.165, 1.54) is 0 Å². The lowest BCUT2D eigenvalue weighted by atomic mass is 10.1. The smallest absolute Gasteiger partial charge is 0.125 e. The SMILES string of the molecule is COC(C)(C)CCOc1cccc(Cl)c1CNCC(C)C. The number of hydrogen-bond acceptors (Lipinski definition) is 3. The Morgan fingerprint density at radius 2 is 2.00 bits per heavy atom. The van der Waals surface area contributed by atoms with E-state index >= 15 is 0 Å². The van der Waals surface area contributed by atoms with Crippen LogP contribution in [0.15, 0.2) is 18.2 Å². The fourth-order valence-electron chi connectivity index (χ4n) is 1.84. The van der Waals surface area contributed by atoms with Crippen molar-refractivity contribution in [2.75, 3.05) is 20.3 Å². The molecule has 0 fully saturated rings. The van der Waals surface area contributed by atoms with E-state index in [0.717, 1.165) is 35.8 Å². The van der Waals surface area contributed by atoms with E-state index in [0.29, 0.717) is 12.5 Å². The highest BCUT2D eigenvalue weighted by atomic mass is 35.5. The molecule has 0 amide bonds. The molecule has 1 rings (SSSR count). The third kappa shape index (κ3) is 6.68. The van der Waals surface area contributed by atoms with Gasteiger partial charge in [-0.2, -0.15) is 0 Å². The molecule has 0 aliphatic rings. The summed E-state index contributed by atoms with van der Waals surface area (Å²) in [5, 5.41) is 4.16. The quantitative estimate of drug-likeness (QED) is 0.738. The molecule has 0 radical (unpaired) electrons. The zero-order valence-electron chi connectivity index (χ0n) is 13.8. The fourth-order valence-corrected chi connectivity index (χ4v) is 2.07. The zero-order chi connectivity index (χ0) is 15.9. The normalized spacial score (nSPS) is 12.0. The Balaban J connectivity index is 2.62. The van der Waals surface area contributed by atoms with E-state index in [1.807, 2.05) is 18.2 Å². The summed E-state index contributed by atoms with van der Waals surface area (Å²) in [5.74, 6) is 1.46. The summed E-state index contributed by atoms with van der Waals surface area (Å²) in [6.45, 7) is 10.8. The average molecular weight is 314 g/mol. The maximum absolute atomic E-state index is 6.30. The minimum absolute atomic E-state index is 0.172. The molecule has 0 saturated carbocycles. The molecule has 0 aromatic heterocycles. The summed E-state index contributed by atoms with van der Waals surface area (Å²) in [6.07, 6.45) is 0.828. The van der Waals surface area contributed by atoms with Crippen molar-refractivity contribution >= 4 is 11.6 Å². The van der Waals surface area contributed by atoms with Crippen molar-refractivity contribution in [3.8, 4) is 5.75 Å². The van der Waals surface area contributed by atoms with Gasteiger partial charge in [-0.3, -0.25) is 0 Å². The molecule has 0 atom stereocenters. The fraction of sp³-hybridized carbons (Fsp3) is 0.647. The lowest BCUT2D eigenvalue weighted by Crippen LogP contribution is -2.25. The van der Waals surface area contributed by atoms with Gasteiger partial charge in [0.25, 0.3) is 0 Å². The van der Waals surface area contributed by atoms with Crippen molar-refractivity contribution in [1.82, 2.24) is 5.32 Å². The van der Waals surface area contributed by atoms with Gasteiger partial charge in [0.1, 0.15) is 5.75 Å². The largest absolute Gasteiger partial charge is 0.493 e. The van der Waals surface area contributed by atoms with Crippen LogP contribution < -0.4 is 10.1 Å². The van der Waals surface area contributed by atoms with Gasteiger partial charge in [-0.25, -0.2) is 0 Å². The molecule has 1 aromatic carbocycles. The number of hydrogen-bond donors (Lipinski definition) is 1. The summed E-state index contributed by atoms with van der Waals surface area (Å²) < 4.78 is 11.3. The van der Waals surface area contributed by atoms with E-state index in [2.05, 4.69) is 33.0 Å². The molecule has 120 valence electrons. The van der Waals surface area contributed by atoms with Crippen LogP contribution in [0.3, 0.4) is 0 Å². The second-order valence-electron chi connectivity index (χ2n) is 6.30. The molecule has 0 heterocycles. The van der Waals surface area contributed by atoms with Crippen LogP contribution in [-0.4, -0.2) is 25.9 Å².